The van der Waals surface area contributed by atoms with Crippen LogP contribution in [0.5, 0.6) is 0 Å². The largest absolute Gasteiger partial charge is 0.441 e. The summed E-state index contributed by atoms with van der Waals surface area (Å²) in [7, 11) is -1.31. The molecule has 1 N–H and O–H groups in total. The summed E-state index contributed by atoms with van der Waals surface area (Å²) in [4.78, 5) is 18.8. The maximum atomic E-state index is 12.3. The Morgan fingerprint density at radius 2 is 1.93 bits per heavy atom. The molecule has 1 aromatic heterocycles. The molecule has 0 radical (unpaired) electrons. The van der Waals surface area contributed by atoms with Crippen molar-refractivity contribution in [1.82, 2.24) is 15.2 Å². The van der Waals surface area contributed by atoms with Crippen molar-refractivity contribution in [3.05, 3.63) is 41.3 Å². The minimum absolute atomic E-state index is 0.00777. The summed E-state index contributed by atoms with van der Waals surface area (Å²) >= 11 is 0. The van der Waals surface area contributed by atoms with E-state index in [-0.39, 0.29) is 17.4 Å². The highest BCUT2D eigenvalue weighted by atomic mass is 32.2. The zero-order chi connectivity index (χ0) is 19.2. The lowest BCUT2D eigenvalue weighted by molar-refractivity contribution is -0.118. The monoisotopic (exact) mass is 389 g/mol. The van der Waals surface area contributed by atoms with Gasteiger partial charge in [0.1, 0.15) is 11.5 Å². The summed E-state index contributed by atoms with van der Waals surface area (Å²) in [5.41, 5.74) is 2.70. The molecule has 1 amide bonds. The highest BCUT2D eigenvalue weighted by Gasteiger charge is 2.16. The molecule has 2 heterocycles. The predicted octanol–water partition coefficient (Wildman–Crippen LogP) is 2.42. The van der Waals surface area contributed by atoms with Crippen molar-refractivity contribution in [3.8, 4) is 11.5 Å². The van der Waals surface area contributed by atoms with Crippen LogP contribution in [0.3, 0.4) is 0 Å². The van der Waals surface area contributed by atoms with Crippen molar-refractivity contribution in [2.24, 2.45) is 0 Å². The molecular formula is C20H27N3O3S. The van der Waals surface area contributed by atoms with E-state index in [2.05, 4.69) is 15.2 Å². The topological polar surface area (TPSA) is 75.4 Å². The Morgan fingerprint density at radius 1 is 1.22 bits per heavy atom. The van der Waals surface area contributed by atoms with Crippen LogP contribution >= 0.6 is 0 Å². The molecule has 0 saturated carbocycles. The average Bonchev–Trinajstić information content (AvgIpc) is 3.26. The fraction of sp³-hybridized carbons (Fsp3) is 0.500. The molecule has 7 heteroatoms. The lowest BCUT2D eigenvalue weighted by atomic mass is 10.1. The number of oxazole rings is 1. The van der Waals surface area contributed by atoms with Crippen molar-refractivity contribution in [2.45, 2.75) is 32.4 Å². The van der Waals surface area contributed by atoms with E-state index in [9.17, 15) is 9.00 Å². The van der Waals surface area contributed by atoms with Gasteiger partial charge in [-0.2, -0.15) is 0 Å². The van der Waals surface area contributed by atoms with E-state index in [1.54, 1.807) is 0 Å². The van der Waals surface area contributed by atoms with Gasteiger partial charge in [-0.15, -0.1) is 0 Å². The summed E-state index contributed by atoms with van der Waals surface area (Å²) in [6, 6.07) is 7.91. The number of rotatable bonds is 8. The number of nitrogens with zero attached hydrogens (tertiary/aromatic N) is 2. The quantitative estimate of drug-likeness (QED) is 0.750. The summed E-state index contributed by atoms with van der Waals surface area (Å²) in [5, 5.41) is 2.86. The van der Waals surface area contributed by atoms with Crippen LogP contribution in [-0.4, -0.2) is 51.9 Å². The number of amides is 1. The van der Waals surface area contributed by atoms with Gasteiger partial charge in [-0.1, -0.05) is 17.7 Å². The van der Waals surface area contributed by atoms with Crippen LogP contribution in [0.4, 0.5) is 0 Å². The van der Waals surface area contributed by atoms with Gasteiger partial charge in [-0.3, -0.25) is 9.00 Å². The lowest BCUT2D eigenvalue weighted by Gasteiger charge is -2.14. The Hall–Kier alpha value is -1.99. The smallest absolute Gasteiger partial charge is 0.232 e. The van der Waals surface area contributed by atoms with E-state index >= 15 is 0 Å². The fourth-order valence-electron chi connectivity index (χ4n) is 3.14. The van der Waals surface area contributed by atoms with Crippen LogP contribution in [0.1, 0.15) is 29.9 Å². The van der Waals surface area contributed by atoms with Crippen LogP contribution < -0.4 is 5.32 Å². The van der Waals surface area contributed by atoms with Crippen LogP contribution in [0.25, 0.3) is 11.5 Å². The number of carbonyl (C=O) groups is 1. The Kier molecular flexibility index (Phi) is 6.79. The highest BCUT2D eigenvalue weighted by molar-refractivity contribution is 7.84. The molecule has 27 heavy (non-hydrogen) atoms. The van der Waals surface area contributed by atoms with Crippen LogP contribution in [-0.2, 0) is 21.3 Å². The first-order valence-electron chi connectivity index (χ1n) is 9.38. The maximum Gasteiger partial charge on any atom is 0.232 e. The molecule has 6 nitrogen and oxygen atoms in total. The molecule has 0 bridgehead atoms. The number of benzene rings is 1. The second-order valence-electron chi connectivity index (χ2n) is 7.02. The molecule has 0 unspecified atom stereocenters. The zero-order valence-corrected chi connectivity index (χ0v) is 16.8. The molecule has 1 aliphatic heterocycles. The van der Waals surface area contributed by atoms with E-state index in [0.29, 0.717) is 23.9 Å². The molecule has 0 spiro atoms. The first-order valence-corrected chi connectivity index (χ1v) is 10.9. The van der Waals surface area contributed by atoms with Gasteiger partial charge in [-0.05, 0) is 51.9 Å². The molecule has 1 atom stereocenters. The number of likely N-dealkylation sites (tertiary alicyclic amines) is 1. The number of carbonyl (C=O) groups excluding carboxylic acids is 1. The molecule has 1 aliphatic rings. The third-order valence-corrected chi connectivity index (χ3v) is 5.91. The van der Waals surface area contributed by atoms with Crippen LogP contribution in [0.15, 0.2) is 28.7 Å². The van der Waals surface area contributed by atoms with E-state index in [1.165, 1.54) is 18.4 Å². The Morgan fingerprint density at radius 3 is 2.63 bits per heavy atom. The van der Waals surface area contributed by atoms with Gasteiger partial charge in [0, 0.05) is 29.5 Å². The van der Waals surface area contributed by atoms with Crippen molar-refractivity contribution in [3.63, 3.8) is 0 Å². The van der Waals surface area contributed by atoms with Gasteiger partial charge in [0.25, 0.3) is 0 Å². The summed E-state index contributed by atoms with van der Waals surface area (Å²) in [6.07, 6.45) is 2.47. The summed E-state index contributed by atoms with van der Waals surface area (Å²) < 4.78 is 18.1. The van der Waals surface area contributed by atoms with Gasteiger partial charge in [-0.25, -0.2) is 4.98 Å². The molecule has 146 valence electrons. The number of hydrogen-bond donors (Lipinski definition) is 1. The Bertz CT molecular complexity index is 795. The number of hydrogen-bond acceptors (Lipinski definition) is 5. The summed E-state index contributed by atoms with van der Waals surface area (Å²) in [6.45, 7) is 7.52. The first-order chi connectivity index (χ1) is 13.0. The minimum Gasteiger partial charge on any atom is -0.441 e. The molecular weight excluding hydrogens is 362 g/mol. The van der Waals surface area contributed by atoms with Crippen molar-refractivity contribution < 1.29 is 13.4 Å². The average molecular weight is 390 g/mol. The van der Waals surface area contributed by atoms with E-state index in [1.807, 2.05) is 38.1 Å². The molecule has 2 aromatic rings. The van der Waals surface area contributed by atoms with Crippen molar-refractivity contribution in [2.75, 3.05) is 31.9 Å². The molecule has 1 aromatic carbocycles. The highest BCUT2D eigenvalue weighted by Crippen LogP contribution is 2.22. The molecule has 1 saturated heterocycles. The second kappa shape index (κ2) is 9.28. The lowest BCUT2D eigenvalue weighted by Crippen LogP contribution is -2.35. The maximum absolute atomic E-state index is 12.3. The van der Waals surface area contributed by atoms with Gasteiger partial charge < -0.3 is 14.6 Å². The van der Waals surface area contributed by atoms with Crippen LogP contribution in [0.2, 0.25) is 0 Å². The van der Waals surface area contributed by atoms with Crippen LogP contribution in [0, 0.1) is 13.8 Å². The van der Waals surface area contributed by atoms with Crippen molar-refractivity contribution >= 4 is 16.7 Å². The number of aryl methyl sites for hydroxylation is 2. The number of nitrogens with one attached hydrogen (secondary N) is 1. The third kappa shape index (κ3) is 5.74. The van der Waals surface area contributed by atoms with E-state index in [4.69, 9.17) is 4.42 Å². The molecule has 1 fully saturated rings. The SMILES string of the molecule is Cc1ccc(-c2nc(C[S@@](=O)CC(=O)NCCN3CCCC3)c(C)o2)cc1. The normalized spacial score (nSPS) is 15.8. The number of aromatic nitrogens is 1. The second-order valence-corrected chi connectivity index (χ2v) is 8.47. The van der Waals surface area contributed by atoms with Crippen molar-refractivity contribution in [1.29, 1.82) is 0 Å². The summed E-state index contributed by atoms with van der Waals surface area (Å²) in [5.74, 6) is 1.21. The third-order valence-electron chi connectivity index (χ3n) is 4.73. The van der Waals surface area contributed by atoms with Gasteiger partial charge in [0.15, 0.2) is 0 Å². The standard InChI is InChI=1S/C20H27N3O3S/c1-15-5-7-17(8-6-15)20-22-18(16(2)26-20)13-27(25)14-19(24)21-9-12-23-10-3-4-11-23/h5-8H,3-4,9-14H2,1-2H3,(H,21,24)/t27-/m1/s1. The van der Waals surface area contributed by atoms with Gasteiger partial charge >= 0.3 is 0 Å². The van der Waals surface area contributed by atoms with E-state index < -0.39 is 10.8 Å². The predicted molar refractivity (Wildman–Crippen MR) is 107 cm³/mol. The van der Waals surface area contributed by atoms with E-state index in [0.717, 1.165) is 25.2 Å². The molecule has 3 rings (SSSR count). The molecule has 0 aliphatic carbocycles. The minimum atomic E-state index is -1.31. The fourth-order valence-corrected chi connectivity index (χ4v) is 4.21. The Balaban J connectivity index is 1.48. The van der Waals surface area contributed by atoms with Gasteiger partial charge in [0.05, 0.1) is 11.4 Å². The first kappa shape index (κ1) is 19.8. The van der Waals surface area contributed by atoms with Gasteiger partial charge in [0.2, 0.25) is 11.8 Å². The Labute approximate surface area is 162 Å². The zero-order valence-electron chi connectivity index (χ0n) is 16.0.